The fraction of sp³-hybridized carbons (Fsp3) is 0.250. The molecule has 0 aliphatic heterocycles. The van der Waals surface area contributed by atoms with E-state index in [1.807, 2.05) is 49.3 Å². The molecule has 9 heteroatoms. The summed E-state index contributed by atoms with van der Waals surface area (Å²) in [5.41, 5.74) is -0.0799. The summed E-state index contributed by atoms with van der Waals surface area (Å²) in [4.78, 5) is 14.4. The monoisotopic (exact) mass is 403 g/mol. The molecule has 2 aromatic carbocycles. The van der Waals surface area contributed by atoms with Crippen molar-refractivity contribution >= 4 is 5.91 Å². The Morgan fingerprint density at radius 3 is 2.41 bits per heavy atom. The van der Waals surface area contributed by atoms with Gasteiger partial charge in [-0.1, -0.05) is 47.7 Å². The van der Waals surface area contributed by atoms with Gasteiger partial charge in [0.15, 0.2) is 5.69 Å². The second-order valence-corrected chi connectivity index (χ2v) is 6.66. The van der Waals surface area contributed by atoms with E-state index in [9.17, 15) is 18.0 Å². The van der Waals surface area contributed by atoms with E-state index in [1.165, 1.54) is 24.4 Å². The number of para-hydroxylation sites is 1. The van der Waals surface area contributed by atoms with Gasteiger partial charge in [-0.25, -0.2) is 4.68 Å². The molecule has 1 N–H and O–H groups in total. The van der Waals surface area contributed by atoms with Crippen LogP contribution in [0.5, 0.6) is 0 Å². The number of rotatable bonds is 6. The Bertz CT molecular complexity index is 970. The summed E-state index contributed by atoms with van der Waals surface area (Å²) in [5.74, 6) is -0.511. The van der Waals surface area contributed by atoms with Crippen molar-refractivity contribution in [1.29, 1.82) is 0 Å². The first kappa shape index (κ1) is 20.5. The van der Waals surface area contributed by atoms with Gasteiger partial charge in [-0.05, 0) is 31.8 Å². The molecule has 0 saturated carbocycles. The molecule has 0 fully saturated rings. The van der Waals surface area contributed by atoms with Crippen molar-refractivity contribution in [2.45, 2.75) is 12.2 Å². The molecule has 1 heterocycles. The Morgan fingerprint density at radius 1 is 1.10 bits per heavy atom. The van der Waals surface area contributed by atoms with Crippen LogP contribution in [0, 0.1) is 0 Å². The van der Waals surface area contributed by atoms with Gasteiger partial charge in [-0.2, -0.15) is 13.2 Å². The third kappa shape index (κ3) is 4.80. The van der Waals surface area contributed by atoms with Crippen molar-refractivity contribution in [3.63, 3.8) is 0 Å². The normalized spacial score (nSPS) is 12.8. The van der Waals surface area contributed by atoms with Crippen LogP contribution >= 0.6 is 0 Å². The minimum Gasteiger partial charge on any atom is -0.349 e. The zero-order valence-corrected chi connectivity index (χ0v) is 15.9. The van der Waals surface area contributed by atoms with E-state index < -0.39 is 17.6 Å². The van der Waals surface area contributed by atoms with Crippen molar-refractivity contribution in [3.8, 4) is 5.69 Å². The van der Waals surface area contributed by atoms with Crippen LogP contribution in [0.3, 0.4) is 0 Å². The van der Waals surface area contributed by atoms with Crippen LogP contribution in [-0.2, 0) is 6.18 Å². The van der Waals surface area contributed by atoms with Gasteiger partial charge < -0.3 is 10.2 Å². The third-order valence-corrected chi connectivity index (χ3v) is 4.45. The Hall–Kier alpha value is -3.20. The summed E-state index contributed by atoms with van der Waals surface area (Å²) in [6.45, 7) is 0.307. The Morgan fingerprint density at radius 2 is 1.76 bits per heavy atom. The van der Waals surface area contributed by atoms with E-state index in [0.29, 0.717) is 6.54 Å². The number of nitrogens with zero attached hydrogens (tertiary/aromatic N) is 4. The zero-order chi connectivity index (χ0) is 21.0. The molecule has 29 heavy (non-hydrogen) atoms. The SMILES string of the molecule is CN(C)C(CNC(=O)c1cn(-c2ccccc2C(F)(F)F)nn1)c1ccccc1. The molecule has 3 aromatic rings. The number of carbonyl (C=O) groups is 1. The summed E-state index contributed by atoms with van der Waals surface area (Å²) >= 11 is 0. The number of benzene rings is 2. The first-order valence-corrected chi connectivity index (χ1v) is 8.86. The van der Waals surface area contributed by atoms with Crippen LogP contribution in [0.1, 0.15) is 27.7 Å². The minimum absolute atomic E-state index is 0.0625. The quantitative estimate of drug-likeness (QED) is 0.686. The fourth-order valence-corrected chi connectivity index (χ4v) is 2.95. The molecule has 3 rings (SSSR count). The number of halogens is 3. The van der Waals surface area contributed by atoms with Crippen molar-refractivity contribution in [2.75, 3.05) is 20.6 Å². The molecule has 0 radical (unpaired) electrons. The number of amides is 1. The van der Waals surface area contributed by atoms with Gasteiger partial charge in [0.2, 0.25) is 0 Å². The van der Waals surface area contributed by atoms with Crippen LogP contribution in [0.4, 0.5) is 13.2 Å². The highest BCUT2D eigenvalue weighted by molar-refractivity contribution is 5.91. The number of nitrogens with one attached hydrogen (secondary N) is 1. The summed E-state index contributed by atoms with van der Waals surface area (Å²) in [7, 11) is 3.79. The Balaban J connectivity index is 1.75. The molecule has 0 saturated heterocycles. The molecule has 1 aromatic heterocycles. The Kier molecular flexibility index (Phi) is 5.97. The molecule has 0 aliphatic carbocycles. The lowest BCUT2D eigenvalue weighted by Gasteiger charge is -2.24. The molecular weight excluding hydrogens is 383 g/mol. The van der Waals surface area contributed by atoms with Crippen LogP contribution < -0.4 is 5.32 Å². The molecule has 6 nitrogen and oxygen atoms in total. The maximum Gasteiger partial charge on any atom is 0.418 e. The van der Waals surface area contributed by atoms with Crippen LogP contribution in [0.2, 0.25) is 0 Å². The van der Waals surface area contributed by atoms with E-state index >= 15 is 0 Å². The predicted molar refractivity (Wildman–Crippen MR) is 102 cm³/mol. The smallest absolute Gasteiger partial charge is 0.349 e. The zero-order valence-electron chi connectivity index (χ0n) is 15.9. The standard InChI is InChI=1S/C20H20F3N5O/c1-27(2)18(14-8-4-3-5-9-14)12-24-19(29)16-13-28(26-25-16)17-11-7-6-10-15(17)20(21,22)23/h3-11,13,18H,12H2,1-2H3,(H,24,29). The molecule has 1 atom stereocenters. The van der Waals surface area contributed by atoms with E-state index in [2.05, 4.69) is 15.6 Å². The predicted octanol–water partition coefficient (Wildman–Crippen LogP) is 3.32. The summed E-state index contributed by atoms with van der Waals surface area (Å²) < 4.78 is 40.6. The maximum atomic E-state index is 13.2. The summed E-state index contributed by atoms with van der Waals surface area (Å²) in [5, 5.41) is 10.2. The molecule has 0 aliphatic rings. The second-order valence-electron chi connectivity index (χ2n) is 6.66. The van der Waals surface area contributed by atoms with Crippen LogP contribution in [0.15, 0.2) is 60.8 Å². The highest BCUT2D eigenvalue weighted by atomic mass is 19.4. The third-order valence-electron chi connectivity index (χ3n) is 4.45. The Labute approximate surface area is 165 Å². The van der Waals surface area contributed by atoms with Gasteiger partial charge >= 0.3 is 6.18 Å². The number of hydrogen-bond donors (Lipinski definition) is 1. The second kappa shape index (κ2) is 8.44. The van der Waals surface area contributed by atoms with E-state index in [0.717, 1.165) is 16.3 Å². The molecular formula is C20H20F3N5O. The highest BCUT2D eigenvalue weighted by Crippen LogP contribution is 2.33. The molecule has 1 unspecified atom stereocenters. The van der Waals surface area contributed by atoms with Crippen LogP contribution in [0.25, 0.3) is 5.69 Å². The topological polar surface area (TPSA) is 63.1 Å². The average molecular weight is 403 g/mol. The largest absolute Gasteiger partial charge is 0.418 e. The lowest BCUT2D eigenvalue weighted by Crippen LogP contribution is -2.34. The van der Waals surface area contributed by atoms with Crippen molar-refractivity contribution in [2.24, 2.45) is 0 Å². The number of hydrogen-bond acceptors (Lipinski definition) is 4. The first-order valence-electron chi connectivity index (χ1n) is 8.86. The van der Waals surface area contributed by atoms with Crippen molar-refractivity contribution in [3.05, 3.63) is 77.6 Å². The lowest BCUT2D eigenvalue weighted by molar-refractivity contribution is -0.137. The average Bonchev–Trinajstić information content (AvgIpc) is 3.18. The van der Waals surface area contributed by atoms with Crippen LogP contribution in [-0.4, -0.2) is 46.4 Å². The van der Waals surface area contributed by atoms with Gasteiger partial charge in [-0.3, -0.25) is 4.79 Å². The lowest BCUT2D eigenvalue weighted by atomic mass is 10.1. The molecule has 0 spiro atoms. The van der Waals surface area contributed by atoms with Gasteiger partial charge in [0, 0.05) is 6.54 Å². The number of aromatic nitrogens is 3. The van der Waals surface area contributed by atoms with Crippen molar-refractivity contribution < 1.29 is 18.0 Å². The minimum atomic E-state index is -4.54. The number of alkyl halides is 3. The fourth-order valence-electron chi connectivity index (χ4n) is 2.95. The van der Waals surface area contributed by atoms with Gasteiger partial charge in [0.1, 0.15) is 0 Å². The van der Waals surface area contributed by atoms with E-state index in [4.69, 9.17) is 0 Å². The van der Waals surface area contributed by atoms with Crippen molar-refractivity contribution in [1.82, 2.24) is 25.2 Å². The molecule has 152 valence electrons. The van der Waals surface area contributed by atoms with E-state index in [1.54, 1.807) is 0 Å². The highest BCUT2D eigenvalue weighted by Gasteiger charge is 2.34. The number of likely N-dealkylation sites (N-methyl/N-ethyl adjacent to an activating group) is 1. The summed E-state index contributed by atoms with van der Waals surface area (Å²) in [6, 6.07) is 14.6. The van der Waals surface area contributed by atoms with Gasteiger partial charge in [0.05, 0.1) is 23.5 Å². The molecule has 1 amide bonds. The van der Waals surface area contributed by atoms with Gasteiger partial charge in [-0.15, -0.1) is 5.10 Å². The molecule has 0 bridgehead atoms. The van der Waals surface area contributed by atoms with Gasteiger partial charge in [0.25, 0.3) is 5.91 Å². The maximum absolute atomic E-state index is 13.2. The summed E-state index contributed by atoms with van der Waals surface area (Å²) in [6.07, 6.45) is -3.35. The van der Waals surface area contributed by atoms with E-state index in [-0.39, 0.29) is 17.4 Å². The number of carbonyl (C=O) groups excluding carboxylic acids is 1. The first-order chi connectivity index (χ1) is 13.8.